The summed E-state index contributed by atoms with van der Waals surface area (Å²) in [4.78, 5) is 22.2. The van der Waals surface area contributed by atoms with Gasteiger partial charge in [-0.15, -0.1) is 0 Å². The molecule has 0 N–H and O–H groups in total. The van der Waals surface area contributed by atoms with Crippen LogP contribution in [0.3, 0.4) is 0 Å². The smallest absolute Gasteiger partial charge is 0.289 e. The van der Waals surface area contributed by atoms with E-state index in [2.05, 4.69) is 47.8 Å². The van der Waals surface area contributed by atoms with Gasteiger partial charge in [-0.25, -0.2) is 0 Å². The van der Waals surface area contributed by atoms with Gasteiger partial charge in [0, 0.05) is 32.0 Å². The summed E-state index contributed by atoms with van der Waals surface area (Å²) in [5.41, 5.74) is 0.675. The molecule has 0 saturated heterocycles. The Kier molecular flexibility index (Phi) is 3.57. The lowest BCUT2D eigenvalue weighted by molar-refractivity contribution is -0.510. The number of carbonyl (C=O) groups is 1. The van der Waals surface area contributed by atoms with Gasteiger partial charge in [-0.2, -0.15) is 0 Å². The van der Waals surface area contributed by atoms with Crippen LogP contribution in [0.4, 0.5) is 0 Å². The minimum absolute atomic E-state index is 0.203. The molecule has 0 bridgehead atoms. The first-order chi connectivity index (χ1) is 6.74. The molecule has 0 unspecified atom stereocenters. The summed E-state index contributed by atoms with van der Waals surface area (Å²) in [6.07, 6.45) is 0. The quantitative estimate of drug-likeness (QED) is 0.292. The van der Waals surface area contributed by atoms with Crippen LogP contribution in [-0.4, -0.2) is 15.2 Å². The fraction of sp³-hybridized carbons (Fsp3) is 0.375. The Morgan fingerprint density at radius 1 is 1.20 bits per heavy atom. The summed E-state index contributed by atoms with van der Waals surface area (Å²) in [5.74, 6) is -0.203. The summed E-state index contributed by atoms with van der Waals surface area (Å²) in [5, 5.41) is 11.0. The topological polar surface area (TPSA) is 60.2 Å². The molecule has 7 heteroatoms. The number of allylic oxidation sites excluding steroid dienone is 2. The van der Waals surface area contributed by atoms with Gasteiger partial charge in [-0.05, 0) is 45.7 Å². The zero-order valence-electron chi connectivity index (χ0n) is 7.81. The van der Waals surface area contributed by atoms with Gasteiger partial charge in [0.25, 0.3) is 0 Å². The Bertz CT molecular complexity index is 397. The molecule has 1 aliphatic rings. The van der Waals surface area contributed by atoms with Crippen LogP contribution in [0.1, 0.15) is 13.8 Å². The van der Waals surface area contributed by atoms with Gasteiger partial charge in [0.05, 0.1) is 8.96 Å². The van der Waals surface area contributed by atoms with Gasteiger partial charge in [0.1, 0.15) is 0 Å². The number of halogens is 3. The highest BCUT2D eigenvalue weighted by Crippen LogP contribution is 2.48. The maximum atomic E-state index is 11.6. The largest absolute Gasteiger partial charge is 0.338 e. The van der Waals surface area contributed by atoms with Crippen molar-refractivity contribution < 1.29 is 9.72 Å². The highest BCUT2D eigenvalue weighted by Gasteiger charge is 2.52. The number of carbonyl (C=O) groups excluding carboxylic acids is 1. The third-order valence-electron chi connectivity index (χ3n) is 2.17. The predicted molar refractivity (Wildman–Crippen MR) is 66.9 cm³/mol. The van der Waals surface area contributed by atoms with Crippen molar-refractivity contribution in [1.29, 1.82) is 0 Å². The van der Waals surface area contributed by atoms with Gasteiger partial charge in [0.15, 0.2) is 5.78 Å². The summed E-state index contributed by atoms with van der Waals surface area (Å²) in [6, 6.07) is 0. The monoisotopic (exact) mass is 401 g/mol. The molecular weight excluding hydrogens is 398 g/mol. The summed E-state index contributed by atoms with van der Waals surface area (Å²) in [6.45, 7) is 3.10. The van der Waals surface area contributed by atoms with Gasteiger partial charge >= 0.3 is 4.45 Å². The molecule has 0 radical (unpaired) electrons. The minimum Gasteiger partial charge on any atom is -0.289 e. The van der Waals surface area contributed by atoms with Gasteiger partial charge in [-0.1, -0.05) is 0 Å². The second-order valence-electron chi connectivity index (χ2n) is 3.09. The van der Waals surface area contributed by atoms with Crippen LogP contribution in [0.15, 0.2) is 20.1 Å². The highest BCUT2D eigenvalue weighted by atomic mass is 79.9. The summed E-state index contributed by atoms with van der Waals surface area (Å²) < 4.78 is -1.13. The van der Waals surface area contributed by atoms with Crippen molar-refractivity contribution in [3.05, 3.63) is 30.2 Å². The second kappa shape index (κ2) is 4.10. The Morgan fingerprint density at radius 2 is 1.53 bits per heavy atom. The van der Waals surface area contributed by atoms with Crippen molar-refractivity contribution in [2.75, 3.05) is 0 Å². The number of rotatable bonds is 1. The average Bonchev–Trinajstić information content (AvgIpc) is 2.20. The van der Waals surface area contributed by atoms with E-state index >= 15 is 0 Å². The van der Waals surface area contributed by atoms with Crippen LogP contribution in [-0.2, 0) is 4.79 Å². The third kappa shape index (κ3) is 1.74. The molecule has 1 aliphatic carbocycles. The number of hydrogen-bond donors (Lipinski definition) is 0. The van der Waals surface area contributed by atoms with E-state index in [1.807, 2.05) is 0 Å². The second-order valence-corrected chi connectivity index (χ2v) is 5.82. The maximum absolute atomic E-state index is 11.6. The lowest BCUT2D eigenvalue weighted by Crippen LogP contribution is -2.37. The zero-order valence-corrected chi connectivity index (χ0v) is 12.6. The van der Waals surface area contributed by atoms with Crippen LogP contribution in [0, 0.1) is 10.1 Å². The molecule has 0 aromatic carbocycles. The number of ketones is 1. The molecule has 0 aliphatic heterocycles. The van der Waals surface area contributed by atoms with Gasteiger partial charge in [0.2, 0.25) is 0 Å². The summed E-state index contributed by atoms with van der Waals surface area (Å²) >= 11 is 9.22. The third-order valence-corrected chi connectivity index (χ3v) is 6.66. The van der Waals surface area contributed by atoms with Crippen LogP contribution in [0.5, 0.6) is 0 Å². The van der Waals surface area contributed by atoms with E-state index in [1.165, 1.54) is 0 Å². The van der Waals surface area contributed by atoms with E-state index in [0.29, 0.717) is 11.1 Å². The van der Waals surface area contributed by atoms with Crippen LogP contribution in [0.2, 0.25) is 0 Å². The van der Waals surface area contributed by atoms with E-state index in [9.17, 15) is 14.9 Å². The molecule has 0 amide bonds. The number of alkyl halides is 1. The Morgan fingerprint density at radius 3 is 1.80 bits per heavy atom. The van der Waals surface area contributed by atoms with Crippen molar-refractivity contribution in [2.24, 2.45) is 0 Å². The van der Waals surface area contributed by atoms with E-state index in [4.69, 9.17) is 0 Å². The van der Waals surface area contributed by atoms with Crippen molar-refractivity contribution in [1.82, 2.24) is 0 Å². The van der Waals surface area contributed by atoms with E-state index in [1.54, 1.807) is 13.8 Å². The molecule has 0 spiro atoms. The first kappa shape index (κ1) is 13.1. The highest BCUT2D eigenvalue weighted by molar-refractivity contribution is 9.15. The SMILES string of the molecule is CC1=C(Br)C(Br)([N+](=O)[O-])C(Br)=C(C)C1=O. The number of nitrogens with zero attached hydrogens (tertiary/aromatic N) is 1. The van der Waals surface area contributed by atoms with E-state index in [0.717, 1.165) is 0 Å². The fourth-order valence-corrected chi connectivity index (χ4v) is 3.14. The molecule has 4 nitrogen and oxygen atoms in total. The first-order valence-corrected chi connectivity index (χ1v) is 6.24. The van der Waals surface area contributed by atoms with Crippen molar-refractivity contribution in [3.63, 3.8) is 0 Å². The van der Waals surface area contributed by atoms with Crippen molar-refractivity contribution >= 4 is 53.6 Å². The number of nitro groups is 1. The minimum atomic E-state index is -1.57. The Hall–Kier alpha value is -0.0100. The first-order valence-electron chi connectivity index (χ1n) is 3.86. The molecule has 0 atom stereocenters. The zero-order chi connectivity index (χ0) is 12.0. The van der Waals surface area contributed by atoms with Crippen LogP contribution in [0.25, 0.3) is 0 Å². The van der Waals surface area contributed by atoms with Crippen LogP contribution >= 0.6 is 47.8 Å². The summed E-state index contributed by atoms with van der Waals surface area (Å²) in [7, 11) is 0. The normalized spacial score (nSPS) is 21.0. The van der Waals surface area contributed by atoms with Crippen LogP contribution < -0.4 is 0 Å². The molecule has 1 rings (SSSR count). The van der Waals surface area contributed by atoms with E-state index in [-0.39, 0.29) is 14.7 Å². The molecule has 0 aromatic heterocycles. The van der Waals surface area contributed by atoms with Crippen molar-refractivity contribution in [3.8, 4) is 0 Å². The fourth-order valence-electron chi connectivity index (χ4n) is 1.23. The number of hydrogen-bond acceptors (Lipinski definition) is 3. The molecular formula is C8H6Br3NO3. The molecule has 0 saturated carbocycles. The maximum Gasteiger partial charge on any atom is 0.338 e. The average molecular weight is 404 g/mol. The standard InChI is InChI=1S/C8H6Br3NO3/c1-3-5(13)4(2)7(10)8(11,6(3)9)12(14)15/h1-2H3. The Balaban J connectivity index is 3.54. The van der Waals surface area contributed by atoms with E-state index < -0.39 is 9.37 Å². The lowest BCUT2D eigenvalue weighted by Gasteiger charge is -2.25. The van der Waals surface area contributed by atoms with Crippen molar-refractivity contribution in [2.45, 2.75) is 18.3 Å². The molecule has 15 heavy (non-hydrogen) atoms. The Labute approximate surface area is 111 Å². The lowest BCUT2D eigenvalue weighted by atomic mass is 9.96. The molecule has 0 heterocycles. The molecule has 0 fully saturated rings. The van der Waals surface area contributed by atoms with Gasteiger partial charge in [-0.3, -0.25) is 14.9 Å². The molecule has 0 aromatic rings. The predicted octanol–water partition coefficient (Wildman–Crippen LogP) is 3.27. The number of Topliss-reactive ketones (excluding diaryl/α,β-unsaturated/α-hetero) is 1. The van der Waals surface area contributed by atoms with Gasteiger partial charge < -0.3 is 0 Å². The molecule has 82 valence electrons.